The van der Waals surface area contributed by atoms with Gasteiger partial charge in [0.1, 0.15) is 12.4 Å². The van der Waals surface area contributed by atoms with E-state index in [9.17, 15) is 0 Å². The Morgan fingerprint density at radius 1 is 0.966 bits per heavy atom. The van der Waals surface area contributed by atoms with E-state index in [-0.39, 0.29) is 24.0 Å². The number of unbranched alkanes of at least 4 members (excludes halogenated alkanes) is 1. The SMILES string of the molecule is CCNC(=NCc1ccc(OCCN(CC)CC)cc1)NCCCCOCC.I. The second kappa shape index (κ2) is 18.9. The van der Waals surface area contributed by atoms with Crippen LogP contribution in [0.5, 0.6) is 5.75 Å². The third-order valence-electron chi connectivity index (χ3n) is 4.47. The lowest BCUT2D eigenvalue weighted by molar-refractivity contribution is 0.143. The van der Waals surface area contributed by atoms with E-state index in [0.717, 1.165) is 77.1 Å². The molecule has 0 amide bonds. The Kier molecular flexibility index (Phi) is 18.2. The molecule has 0 spiro atoms. The Bertz CT molecular complexity index is 522. The lowest BCUT2D eigenvalue weighted by Crippen LogP contribution is -2.37. The van der Waals surface area contributed by atoms with Crippen LogP contribution in [0.1, 0.15) is 46.1 Å². The fourth-order valence-electron chi connectivity index (χ4n) is 2.72. The first-order valence-corrected chi connectivity index (χ1v) is 10.8. The van der Waals surface area contributed by atoms with E-state index >= 15 is 0 Å². The molecule has 2 N–H and O–H groups in total. The summed E-state index contributed by atoms with van der Waals surface area (Å²) in [6.45, 7) is 16.3. The van der Waals surface area contributed by atoms with Crippen LogP contribution in [0.4, 0.5) is 0 Å². The van der Waals surface area contributed by atoms with E-state index < -0.39 is 0 Å². The van der Waals surface area contributed by atoms with Gasteiger partial charge in [0.25, 0.3) is 0 Å². The van der Waals surface area contributed by atoms with E-state index in [2.05, 4.69) is 53.4 Å². The monoisotopic (exact) mass is 520 g/mol. The standard InChI is InChI=1S/C22H40N4O2.HI/c1-5-23-22(24-15-9-10-17-27-8-4)25-19-20-11-13-21(14-12-20)28-18-16-26(6-2)7-3;/h11-14H,5-10,15-19H2,1-4H3,(H2,23,24,25);1H. The zero-order valence-electron chi connectivity index (χ0n) is 18.7. The van der Waals surface area contributed by atoms with Crippen LogP contribution in [-0.2, 0) is 11.3 Å². The van der Waals surface area contributed by atoms with Crippen LogP contribution in [0, 0.1) is 0 Å². The van der Waals surface area contributed by atoms with E-state index in [4.69, 9.17) is 9.47 Å². The predicted octanol–water partition coefficient (Wildman–Crippen LogP) is 3.90. The van der Waals surface area contributed by atoms with Gasteiger partial charge in [-0.3, -0.25) is 0 Å². The van der Waals surface area contributed by atoms with Gasteiger partial charge in [-0.25, -0.2) is 4.99 Å². The molecule has 0 aliphatic heterocycles. The molecule has 0 aromatic heterocycles. The zero-order valence-corrected chi connectivity index (χ0v) is 21.0. The van der Waals surface area contributed by atoms with Crippen molar-refractivity contribution in [1.29, 1.82) is 0 Å². The molecule has 6 nitrogen and oxygen atoms in total. The van der Waals surface area contributed by atoms with Crippen LogP contribution in [0.2, 0.25) is 0 Å². The fraction of sp³-hybridized carbons (Fsp3) is 0.682. The molecule has 29 heavy (non-hydrogen) atoms. The molecule has 0 radical (unpaired) electrons. The summed E-state index contributed by atoms with van der Waals surface area (Å²) < 4.78 is 11.2. The summed E-state index contributed by atoms with van der Waals surface area (Å²) in [5.74, 6) is 1.78. The Hall–Kier alpha value is -1.06. The summed E-state index contributed by atoms with van der Waals surface area (Å²) >= 11 is 0. The number of guanidine groups is 1. The Morgan fingerprint density at radius 2 is 1.69 bits per heavy atom. The molecular formula is C22H41IN4O2. The highest BCUT2D eigenvalue weighted by atomic mass is 127. The van der Waals surface area contributed by atoms with E-state index in [1.54, 1.807) is 0 Å². The van der Waals surface area contributed by atoms with E-state index in [1.165, 1.54) is 5.56 Å². The predicted molar refractivity (Wildman–Crippen MR) is 134 cm³/mol. The summed E-state index contributed by atoms with van der Waals surface area (Å²) in [7, 11) is 0. The smallest absolute Gasteiger partial charge is 0.191 e. The maximum absolute atomic E-state index is 5.84. The quantitative estimate of drug-likeness (QED) is 0.159. The third-order valence-corrected chi connectivity index (χ3v) is 4.47. The van der Waals surface area contributed by atoms with Gasteiger partial charge in [0.05, 0.1) is 6.54 Å². The molecule has 0 saturated heterocycles. The van der Waals surface area contributed by atoms with Crippen molar-refractivity contribution in [2.75, 3.05) is 52.5 Å². The van der Waals surface area contributed by atoms with Crippen LogP contribution < -0.4 is 15.4 Å². The highest BCUT2D eigenvalue weighted by Gasteiger charge is 2.01. The number of nitrogens with one attached hydrogen (secondary N) is 2. The second-order valence-electron chi connectivity index (χ2n) is 6.55. The zero-order chi connectivity index (χ0) is 20.5. The normalized spacial score (nSPS) is 11.3. The Morgan fingerprint density at radius 3 is 2.31 bits per heavy atom. The number of ether oxygens (including phenoxy) is 2. The van der Waals surface area contributed by atoms with E-state index in [0.29, 0.717) is 6.54 Å². The van der Waals surface area contributed by atoms with Crippen molar-refractivity contribution in [2.24, 2.45) is 4.99 Å². The fourth-order valence-corrected chi connectivity index (χ4v) is 2.72. The molecule has 0 saturated carbocycles. The van der Waals surface area contributed by atoms with Crippen molar-refractivity contribution in [3.8, 4) is 5.75 Å². The number of benzene rings is 1. The van der Waals surface area contributed by atoms with Gasteiger partial charge in [-0.15, -0.1) is 24.0 Å². The molecule has 0 aliphatic rings. The van der Waals surface area contributed by atoms with Gasteiger partial charge in [0.2, 0.25) is 0 Å². The third kappa shape index (κ3) is 13.7. The average Bonchev–Trinajstić information content (AvgIpc) is 2.72. The molecule has 0 fully saturated rings. The molecule has 1 rings (SSSR count). The van der Waals surface area contributed by atoms with Crippen LogP contribution in [-0.4, -0.2) is 63.4 Å². The second-order valence-corrected chi connectivity index (χ2v) is 6.55. The van der Waals surface area contributed by atoms with Gasteiger partial charge in [-0.05, 0) is 57.5 Å². The highest BCUT2D eigenvalue weighted by Crippen LogP contribution is 2.13. The van der Waals surface area contributed by atoms with Crippen LogP contribution >= 0.6 is 24.0 Å². The molecule has 168 valence electrons. The molecule has 1 aromatic carbocycles. The van der Waals surface area contributed by atoms with Crippen molar-refractivity contribution in [2.45, 2.75) is 47.1 Å². The maximum Gasteiger partial charge on any atom is 0.191 e. The number of rotatable bonds is 15. The molecule has 0 aliphatic carbocycles. The molecule has 0 bridgehead atoms. The minimum Gasteiger partial charge on any atom is -0.492 e. The number of hydrogen-bond acceptors (Lipinski definition) is 4. The molecule has 0 unspecified atom stereocenters. The van der Waals surface area contributed by atoms with Crippen LogP contribution in [0.15, 0.2) is 29.3 Å². The van der Waals surface area contributed by atoms with Gasteiger partial charge < -0.3 is 25.0 Å². The van der Waals surface area contributed by atoms with Gasteiger partial charge in [-0.2, -0.15) is 0 Å². The number of likely N-dealkylation sites (N-methyl/N-ethyl adjacent to an activating group) is 1. The first-order chi connectivity index (χ1) is 13.7. The minimum absolute atomic E-state index is 0. The van der Waals surface area contributed by atoms with Crippen LogP contribution in [0.25, 0.3) is 0 Å². The van der Waals surface area contributed by atoms with Crippen molar-refractivity contribution >= 4 is 29.9 Å². The number of nitrogens with zero attached hydrogens (tertiary/aromatic N) is 2. The summed E-state index contributed by atoms with van der Waals surface area (Å²) in [6, 6.07) is 8.23. The number of halogens is 1. The summed E-state index contributed by atoms with van der Waals surface area (Å²) in [4.78, 5) is 7.03. The first kappa shape index (κ1) is 27.9. The molecule has 1 aromatic rings. The average molecular weight is 521 g/mol. The largest absolute Gasteiger partial charge is 0.492 e. The van der Waals surface area contributed by atoms with Crippen molar-refractivity contribution in [3.05, 3.63) is 29.8 Å². The van der Waals surface area contributed by atoms with Crippen LogP contribution in [0.3, 0.4) is 0 Å². The first-order valence-electron chi connectivity index (χ1n) is 10.8. The molecular weight excluding hydrogens is 479 g/mol. The van der Waals surface area contributed by atoms with Gasteiger partial charge >= 0.3 is 0 Å². The summed E-state index contributed by atoms with van der Waals surface area (Å²) in [6.07, 6.45) is 2.14. The highest BCUT2D eigenvalue weighted by molar-refractivity contribution is 14.0. The topological polar surface area (TPSA) is 58.1 Å². The maximum atomic E-state index is 5.84. The Balaban J connectivity index is 0.00000784. The van der Waals surface area contributed by atoms with Gasteiger partial charge in [0.15, 0.2) is 5.96 Å². The van der Waals surface area contributed by atoms with Gasteiger partial charge in [-0.1, -0.05) is 26.0 Å². The van der Waals surface area contributed by atoms with Crippen molar-refractivity contribution in [3.63, 3.8) is 0 Å². The summed E-state index contributed by atoms with van der Waals surface area (Å²) in [5.41, 5.74) is 1.17. The number of aliphatic imine (C=N–C) groups is 1. The molecule has 0 atom stereocenters. The Labute approximate surface area is 194 Å². The van der Waals surface area contributed by atoms with Gasteiger partial charge in [0, 0.05) is 32.8 Å². The minimum atomic E-state index is 0. The molecule has 7 heteroatoms. The van der Waals surface area contributed by atoms with Crippen molar-refractivity contribution < 1.29 is 9.47 Å². The molecule has 0 heterocycles. The lowest BCUT2D eigenvalue weighted by Gasteiger charge is -2.18. The summed E-state index contributed by atoms with van der Waals surface area (Å²) in [5, 5.41) is 6.68. The van der Waals surface area contributed by atoms with Crippen molar-refractivity contribution in [1.82, 2.24) is 15.5 Å². The lowest BCUT2D eigenvalue weighted by atomic mass is 10.2. The number of hydrogen-bond donors (Lipinski definition) is 2. The van der Waals surface area contributed by atoms with E-state index in [1.807, 2.05) is 19.1 Å².